The van der Waals surface area contributed by atoms with E-state index in [0.29, 0.717) is 6.16 Å². The van der Waals surface area contributed by atoms with Gasteiger partial charge in [-0.3, -0.25) is 0 Å². The Morgan fingerprint density at radius 2 is 1.54 bits per heavy atom. The highest BCUT2D eigenvalue weighted by atomic mass is 32.5. The van der Waals surface area contributed by atoms with Crippen molar-refractivity contribution in [3.05, 3.63) is 0 Å². The first-order chi connectivity index (χ1) is 5.41. The van der Waals surface area contributed by atoms with Crippen molar-refractivity contribution in [3.8, 4) is 0 Å². The molecule has 0 aliphatic rings. The molecule has 0 aromatic rings. The molecule has 0 aromatic heterocycles. The third-order valence-corrected chi connectivity index (χ3v) is 3.88. The van der Waals surface area contributed by atoms with Crippen LogP contribution in [0.1, 0.15) is 41.5 Å². The van der Waals surface area contributed by atoms with Gasteiger partial charge in [-0.05, 0) is 38.0 Å². The van der Waals surface area contributed by atoms with Gasteiger partial charge in [0.1, 0.15) is 0 Å². The van der Waals surface area contributed by atoms with Gasteiger partial charge in [0.05, 0.1) is 5.60 Å². The molecular formula is C9H21O2PS. The highest BCUT2D eigenvalue weighted by molar-refractivity contribution is 8.09. The highest BCUT2D eigenvalue weighted by Crippen LogP contribution is 2.50. The first kappa shape index (κ1) is 13.6. The van der Waals surface area contributed by atoms with Gasteiger partial charge in [-0.25, -0.2) is 0 Å². The summed E-state index contributed by atoms with van der Waals surface area (Å²) in [6, 6.07) is 0. The average Bonchev–Trinajstić information content (AvgIpc) is 1.43. The lowest BCUT2D eigenvalue weighted by atomic mass is 10.0. The maximum absolute atomic E-state index is 9.89. The average molecular weight is 224 g/mol. The van der Waals surface area contributed by atoms with Crippen LogP contribution in [-0.4, -0.2) is 16.7 Å². The molecule has 0 bridgehead atoms. The molecule has 0 radical (unpaired) electrons. The first-order valence-corrected chi connectivity index (χ1v) is 7.30. The van der Waals surface area contributed by atoms with Gasteiger partial charge < -0.3 is 9.42 Å². The summed E-state index contributed by atoms with van der Waals surface area (Å²) in [5.41, 5.74) is -0.328. The molecule has 0 fully saturated rings. The molecule has 0 aromatic carbocycles. The van der Waals surface area contributed by atoms with E-state index >= 15 is 0 Å². The van der Waals surface area contributed by atoms with Crippen molar-refractivity contribution in [1.29, 1.82) is 0 Å². The summed E-state index contributed by atoms with van der Waals surface area (Å²) in [6.45, 7) is 9.28. The van der Waals surface area contributed by atoms with Crippen LogP contribution >= 0.6 is 6.49 Å². The van der Waals surface area contributed by atoms with Gasteiger partial charge in [-0.2, -0.15) is 0 Å². The van der Waals surface area contributed by atoms with E-state index < -0.39 is 6.49 Å². The molecule has 2 nitrogen and oxygen atoms in total. The molecule has 0 saturated heterocycles. The van der Waals surface area contributed by atoms with Gasteiger partial charge in [0.25, 0.3) is 0 Å². The van der Waals surface area contributed by atoms with Crippen LogP contribution in [0.25, 0.3) is 0 Å². The quantitative estimate of drug-likeness (QED) is 0.731. The summed E-state index contributed by atoms with van der Waals surface area (Å²) in [7, 11) is 0. The van der Waals surface area contributed by atoms with E-state index in [1.54, 1.807) is 0 Å². The van der Waals surface area contributed by atoms with Crippen LogP contribution < -0.4 is 0 Å². The molecule has 1 unspecified atom stereocenters. The van der Waals surface area contributed by atoms with Crippen molar-refractivity contribution < 1.29 is 9.42 Å². The Labute approximate surface area is 86.9 Å². The first-order valence-electron chi connectivity index (χ1n) is 4.44. The molecule has 13 heavy (non-hydrogen) atoms. The van der Waals surface area contributed by atoms with E-state index in [1.807, 2.05) is 20.8 Å². The van der Waals surface area contributed by atoms with Gasteiger partial charge in [0.2, 0.25) is 0 Å². The fourth-order valence-electron chi connectivity index (χ4n) is 1.06. The minimum Gasteiger partial charge on any atom is -0.345 e. The zero-order chi connectivity index (χ0) is 10.9. The third-order valence-electron chi connectivity index (χ3n) is 1.09. The molecule has 0 amide bonds. The summed E-state index contributed by atoms with van der Waals surface area (Å²) >= 11 is 5.08. The Balaban J connectivity index is 4.35. The summed E-state index contributed by atoms with van der Waals surface area (Å²) < 4.78 is 5.48. The Hall–Kier alpha value is 0.570. The maximum atomic E-state index is 9.89. The molecule has 0 aliphatic carbocycles. The van der Waals surface area contributed by atoms with E-state index in [4.69, 9.17) is 16.3 Å². The van der Waals surface area contributed by atoms with Crippen LogP contribution in [0.2, 0.25) is 0 Å². The molecule has 0 spiro atoms. The molecule has 1 N–H and O–H groups in total. The zero-order valence-corrected chi connectivity index (χ0v) is 11.1. The molecule has 80 valence electrons. The Bertz CT molecular complexity index is 193. The topological polar surface area (TPSA) is 29.5 Å². The Morgan fingerprint density at radius 3 is 1.77 bits per heavy atom. The lowest BCUT2D eigenvalue weighted by Gasteiger charge is -2.30. The second-order valence-electron chi connectivity index (χ2n) is 5.56. The van der Waals surface area contributed by atoms with Crippen molar-refractivity contribution in [2.75, 3.05) is 6.16 Å². The Morgan fingerprint density at radius 1 is 1.15 bits per heavy atom. The van der Waals surface area contributed by atoms with Crippen LogP contribution in [0.5, 0.6) is 0 Å². The van der Waals surface area contributed by atoms with Gasteiger partial charge in [-0.1, -0.05) is 20.8 Å². The fraction of sp³-hybridized carbons (Fsp3) is 1.00. The van der Waals surface area contributed by atoms with Crippen molar-refractivity contribution >= 4 is 18.3 Å². The second kappa shape index (κ2) is 3.98. The van der Waals surface area contributed by atoms with Gasteiger partial charge in [-0.15, -0.1) is 0 Å². The largest absolute Gasteiger partial charge is 0.345 e. The molecule has 0 aliphatic heterocycles. The normalized spacial score (nSPS) is 18.4. The van der Waals surface area contributed by atoms with E-state index in [9.17, 15) is 4.89 Å². The van der Waals surface area contributed by atoms with E-state index in [-0.39, 0.29) is 11.0 Å². The van der Waals surface area contributed by atoms with E-state index in [2.05, 4.69) is 20.8 Å². The predicted octanol–water partition coefficient (Wildman–Crippen LogP) is 3.15. The monoisotopic (exact) mass is 224 g/mol. The van der Waals surface area contributed by atoms with Crippen LogP contribution in [0.4, 0.5) is 0 Å². The second-order valence-corrected chi connectivity index (χ2v) is 9.05. The van der Waals surface area contributed by atoms with Crippen molar-refractivity contribution in [1.82, 2.24) is 0 Å². The smallest absolute Gasteiger partial charge is 0.187 e. The highest BCUT2D eigenvalue weighted by Gasteiger charge is 2.27. The molecule has 0 heterocycles. The summed E-state index contributed by atoms with van der Waals surface area (Å²) in [4.78, 5) is 9.89. The summed E-state index contributed by atoms with van der Waals surface area (Å²) in [5, 5.41) is 0. The third kappa shape index (κ3) is 8.89. The van der Waals surface area contributed by atoms with Crippen molar-refractivity contribution in [3.63, 3.8) is 0 Å². The van der Waals surface area contributed by atoms with Crippen molar-refractivity contribution in [2.24, 2.45) is 5.41 Å². The fourth-order valence-corrected chi connectivity index (χ4v) is 5.01. The lowest BCUT2D eigenvalue weighted by Crippen LogP contribution is -2.21. The zero-order valence-electron chi connectivity index (χ0n) is 9.42. The van der Waals surface area contributed by atoms with Crippen LogP contribution in [0.3, 0.4) is 0 Å². The van der Waals surface area contributed by atoms with Crippen LogP contribution in [0, 0.1) is 5.41 Å². The predicted molar refractivity (Wildman–Crippen MR) is 61.7 cm³/mol. The van der Waals surface area contributed by atoms with Crippen molar-refractivity contribution in [2.45, 2.75) is 47.1 Å². The van der Waals surface area contributed by atoms with Crippen LogP contribution in [0.15, 0.2) is 0 Å². The van der Waals surface area contributed by atoms with Crippen LogP contribution in [-0.2, 0) is 16.3 Å². The number of rotatable bonds is 2. The van der Waals surface area contributed by atoms with E-state index in [0.717, 1.165) is 0 Å². The minimum absolute atomic E-state index is 0.0233. The molecule has 4 heteroatoms. The van der Waals surface area contributed by atoms with Gasteiger partial charge >= 0.3 is 0 Å². The maximum Gasteiger partial charge on any atom is 0.187 e. The summed E-state index contributed by atoms with van der Waals surface area (Å²) in [6.07, 6.45) is 0.562. The standard InChI is InChI=1S/C9H21O2PS/c1-8(2,3)7-12(10,13)11-9(4,5)6/h7H2,1-6H3,(H,10,13). The molecule has 1 atom stereocenters. The number of hydrogen-bond acceptors (Lipinski definition) is 2. The molecule has 0 rings (SSSR count). The molecular weight excluding hydrogens is 203 g/mol. The van der Waals surface area contributed by atoms with Gasteiger partial charge in [0, 0.05) is 6.16 Å². The Kier molecular flexibility index (Phi) is 4.15. The molecule has 0 saturated carbocycles. The van der Waals surface area contributed by atoms with E-state index in [1.165, 1.54) is 0 Å². The van der Waals surface area contributed by atoms with Gasteiger partial charge in [0.15, 0.2) is 6.49 Å². The number of hydrogen-bond donors (Lipinski definition) is 1. The SMILES string of the molecule is CC(C)(C)CP(O)(=S)OC(C)(C)C. The minimum atomic E-state index is -2.60. The lowest BCUT2D eigenvalue weighted by molar-refractivity contribution is 0.128. The summed E-state index contributed by atoms with van der Waals surface area (Å²) in [5.74, 6) is 0.